The molecule has 0 fully saturated rings. The molecule has 4 rings (SSSR count). The third kappa shape index (κ3) is 5.11. The molecule has 0 unspecified atom stereocenters. The molecule has 4 aromatic rings. The average Bonchev–Trinajstić information content (AvgIpc) is 3.45. The molecule has 32 heavy (non-hydrogen) atoms. The van der Waals surface area contributed by atoms with Gasteiger partial charge in [-0.1, -0.05) is 30.3 Å². The highest BCUT2D eigenvalue weighted by Gasteiger charge is 2.30. The first kappa shape index (κ1) is 21.5. The smallest absolute Gasteiger partial charge is 0.416 e. The van der Waals surface area contributed by atoms with E-state index in [0.717, 1.165) is 23.4 Å². The molecule has 0 radical (unpaired) electrons. The van der Waals surface area contributed by atoms with Gasteiger partial charge in [0.15, 0.2) is 0 Å². The van der Waals surface area contributed by atoms with Crippen molar-refractivity contribution in [2.45, 2.75) is 25.8 Å². The van der Waals surface area contributed by atoms with Crippen LogP contribution in [0.15, 0.2) is 95.7 Å². The summed E-state index contributed by atoms with van der Waals surface area (Å²) >= 11 is 0. The van der Waals surface area contributed by atoms with Crippen LogP contribution in [0, 0.1) is 0 Å². The van der Waals surface area contributed by atoms with E-state index in [9.17, 15) is 18.0 Å². The molecule has 0 atom stereocenters. The van der Waals surface area contributed by atoms with Gasteiger partial charge in [-0.15, -0.1) is 0 Å². The van der Waals surface area contributed by atoms with Crippen molar-refractivity contribution in [3.63, 3.8) is 0 Å². The lowest BCUT2D eigenvalue weighted by Crippen LogP contribution is -2.31. The summed E-state index contributed by atoms with van der Waals surface area (Å²) in [5.41, 5.74) is 1.42. The molecule has 0 saturated carbocycles. The zero-order valence-electron chi connectivity index (χ0n) is 17.1. The van der Waals surface area contributed by atoms with Crippen molar-refractivity contribution in [1.29, 1.82) is 0 Å². The molecule has 0 spiro atoms. The summed E-state index contributed by atoms with van der Waals surface area (Å²) in [4.78, 5) is 14.8. The van der Waals surface area contributed by atoms with Gasteiger partial charge in [0.2, 0.25) is 0 Å². The fourth-order valence-corrected chi connectivity index (χ4v) is 3.50. The Morgan fingerprint density at radius 3 is 2.28 bits per heavy atom. The number of hydrogen-bond donors (Lipinski definition) is 0. The highest BCUT2D eigenvalue weighted by molar-refractivity contribution is 5.94. The molecular weight excluding hydrogens is 417 g/mol. The molecule has 164 valence electrons. The second kappa shape index (κ2) is 9.18. The van der Waals surface area contributed by atoms with Crippen LogP contribution in [0.1, 0.15) is 32.9 Å². The van der Waals surface area contributed by atoms with Crippen molar-refractivity contribution >= 4 is 5.91 Å². The van der Waals surface area contributed by atoms with Crippen molar-refractivity contribution < 1.29 is 22.4 Å². The predicted molar refractivity (Wildman–Crippen MR) is 114 cm³/mol. The molecule has 0 aliphatic rings. The van der Waals surface area contributed by atoms with E-state index in [-0.39, 0.29) is 24.6 Å². The lowest BCUT2D eigenvalue weighted by atomic mass is 10.1. The molecule has 0 bridgehead atoms. The van der Waals surface area contributed by atoms with Crippen molar-refractivity contribution in [2.24, 2.45) is 0 Å². The van der Waals surface area contributed by atoms with E-state index in [0.29, 0.717) is 12.3 Å². The third-order valence-electron chi connectivity index (χ3n) is 5.15. The second-order valence-electron chi connectivity index (χ2n) is 7.43. The number of amides is 1. The van der Waals surface area contributed by atoms with Gasteiger partial charge in [0.25, 0.3) is 5.91 Å². The number of alkyl halides is 3. The van der Waals surface area contributed by atoms with E-state index < -0.39 is 11.7 Å². The fourth-order valence-electron chi connectivity index (χ4n) is 3.50. The molecule has 7 heteroatoms. The second-order valence-corrected chi connectivity index (χ2v) is 7.43. The molecular formula is C25H21F3N2O2. The van der Waals surface area contributed by atoms with Crippen LogP contribution in [0.4, 0.5) is 13.2 Å². The van der Waals surface area contributed by atoms with E-state index in [1.54, 1.807) is 17.0 Å². The number of benzene rings is 2. The first-order chi connectivity index (χ1) is 15.4. The largest absolute Gasteiger partial charge is 0.467 e. The Morgan fingerprint density at radius 2 is 1.62 bits per heavy atom. The summed E-state index contributed by atoms with van der Waals surface area (Å²) in [6.45, 7) is 1.12. The zero-order chi connectivity index (χ0) is 22.6. The van der Waals surface area contributed by atoms with Crippen LogP contribution in [-0.2, 0) is 25.8 Å². The number of aromatic nitrogens is 1. The number of hydrogen-bond acceptors (Lipinski definition) is 2. The number of rotatable bonds is 7. The normalized spacial score (nSPS) is 11.5. The van der Waals surface area contributed by atoms with Gasteiger partial charge in [-0.05, 0) is 54.1 Å². The Kier molecular flexibility index (Phi) is 6.16. The van der Waals surface area contributed by atoms with Gasteiger partial charge in [0.05, 0.1) is 24.9 Å². The first-order valence-corrected chi connectivity index (χ1v) is 10.1. The highest BCUT2D eigenvalue weighted by Crippen LogP contribution is 2.29. The Hall–Kier alpha value is -3.74. The Bertz CT molecular complexity index is 1150. The molecule has 0 aliphatic carbocycles. The maximum atomic E-state index is 13.2. The Morgan fingerprint density at radius 1 is 0.875 bits per heavy atom. The summed E-state index contributed by atoms with van der Waals surface area (Å²) in [7, 11) is 0. The number of carbonyl (C=O) groups excluding carboxylic acids is 1. The molecule has 2 heterocycles. The van der Waals surface area contributed by atoms with Crippen LogP contribution >= 0.6 is 0 Å². The van der Waals surface area contributed by atoms with Crippen LogP contribution in [0.2, 0.25) is 0 Å². The topological polar surface area (TPSA) is 38.4 Å². The van der Waals surface area contributed by atoms with Crippen LogP contribution in [-0.4, -0.2) is 15.4 Å². The minimum atomic E-state index is -4.45. The predicted octanol–water partition coefficient (Wildman–Crippen LogP) is 5.99. The molecule has 0 aliphatic heterocycles. The maximum Gasteiger partial charge on any atom is 0.416 e. The van der Waals surface area contributed by atoms with Crippen molar-refractivity contribution in [1.82, 2.24) is 9.47 Å². The van der Waals surface area contributed by atoms with Crippen LogP contribution < -0.4 is 0 Å². The molecule has 2 aromatic heterocycles. The number of carbonyl (C=O) groups is 1. The van der Waals surface area contributed by atoms with Gasteiger partial charge < -0.3 is 13.9 Å². The molecule has 1 amide bonds. The Balaban J connectivity index is 1.58. The fraction of sp³-hybridized carbons (Fsp3) is 0.160. The van der Waals surface area contributed by atoms with E-state index in [1.165, 1.54) is 18.4 Å². The lowest BCUT2D eigenvalue weighted by molar-refractivity contribution is -0.137. The summed E-state index contributed by atoms with van der Waals surface area (Å²) in [5, 5.41) is 0. The number of furan rings is 1. The van der Waals surface area contributed by atoms with Gasteiger partial charge in [-0.2, -0.15) is 13.2 Å². The zero-order valence-corrected chi connectivity index (χ0v) is 17.1. The monoisotopic (exact) mass is 438 g/mol. The third-order valence-corrected chi connectivity index (χ3v) is 5.15. The van der Waals surface area contributed by atoms with E-state index >= 15 is 0 Å². The van der Waals surface area contributed by atoms with E-state index in [1.807, 2.05) is 53.2 Å². The molecule has 0 saturated heterocycles. The number of nitrogens with zero attached hydrogens (tertiary/aromatic N) is 2. The first-order valence-electron chi connectivity index (χ1n) is 10.1. The van der Waals surface area contributed by atoms with Crippen LogP contribution in [0.3, 0.4) is 0 Å². The summed E-state index contributed by atoms with van der Waals surface area (Å²) < 4.78 is 46.1. The SMILES string of the molecule is O=C(c1ccc(C(F)(F)F)cc1)N(Cc1ccco1)Cc1cccn1Cc1ccccc1. The van der Waals surface area contributed by atoms with Crippen LogP contribution in [0.25, 0.3) is 0 Å². The summed E-state index contributed by atoms with van der Waals surface area (Å²) in [6, 6.07) is 21.5. The maximum absolute atomic E-state index is 13.2. The molecule has 2 aromatic carbocycles. The van der Waals surface area contributed by atoms with Gasteiger partial charge in [0, 0.05) is 24.0 Å². The minimum absolute atomic E-state index is 0.186. The van der Waals surface area contributed by atoms with Crippen molar-refractivity contribution in [2.75, 3.05) is 0 Å². The minimum Gasteiger partial charge on any atom is -0.467 e. The number of halogens is 3. The average molecular weight is 438 g/mol. The summed E-state index contributed by atoms with van der Waals surface area (Å²) in [5.74, 6) is 0.217. The van der Waals surface area contributed by atoms with E-state index in [2.05, 4.69) is 0 Å². The van der Waals surface area contributed by atoms with Crippen LogP contribution in [0.5, 0.6) is 0 Å². The van der Waals surface area contributed by atoms with Gasteiger partial charge >= 0.3 is 6.18 Å². The van der Waals surface area contributed by atoms with Gasteiger partial charge in [-0.3, -0.25) is 4.79 Å². The molecule has 4 nitrogen and oxygen atoms in total. The summed E-state index contributed by atoms with van der Waals surface area (Å²) in [6.07, 6.45) is -0.988. The van der Waals surface area contributed by atoms with Gasteiger partial charge in [-0.25, -0.2) is 0 Å². The highest BCUT2D eigenvalue weighted by atomic mass is 19.4. The lowest BCUT2D eigenvalue weighted by Gasteiger charge is -2.23. The van der Waals surface area contributed by atoms with E-state index in [4.69, 9.17) is 4.42 Å². The Labute approximate surface area is 183 Å². The van der Waals surface area contributed by atoms with Crippen molar-refractivity contribution in [3.05, 3.63) is 119 Å². The standard InChI is InChI=1S/C25H21F3N2O2/c26-25(27,28)21-12-10-20(11-13-21)24(31)30(18-23-9-5-15-32-23)17-22-8-4-14-29(22)16-19-6-2-1-3-7-19/h1-15H,16-18H2. The quantitative estimate of drug-likeness (QED) is 0.355. The van der Waals surface area contributed by atoms with Crippen molar-refractivity contribution in [3.8, 4) is 0 Å². The molecule has 0 N–H and O–H groups in total. The van der Waals surface area contributed by atoms with Gasteiger partial charge in [0.1, 0.15) is 5.76 Å².